The van der Waals surface area contributed by atoms with Crippen LogP contribution in [-0.2, 0) is 11.4 Å². The lowest BCUT2D eigenvalue weighted by Gasteiger charge is -2.10. The smallest absolute Gasteiger partial charge is 0.304 e. The van der Waals surface area contributed by atoms with Crippen LogP contribution < -0.4 is 9.47 Å². The third-order valence-electron chi connectivity index (χ3n) is 4.65. The molecule has 28 heavy (non-hydrogen) atoms. The van der Waals surface area contributed by atoms with Crippen molar-refractivity contribution in [2.75, 3.05) is 6.61 Å². The van der Waals surface area contributed by atoms with Crippen LogP contribution in [0, 0.1) is 0 Å². The molecule has 2 aromatic rings. The van der Waals surface area contributed by atoms with Gasteiger partial charge in [-0.1, -0.05) is 30.3 Å². The van der Waals surface area contributed by atoms with E-state index >= 15 is 0 Å². The van der Waals surface area contributed by atoms with Gasteiger partial charge in [-0.3, -0.25) is 4.79 Å². The second-order valence-corrected chi connectivity index (χ2v) is 6.95. The average molecular weight is 380 g/mol. The van der Waals surface area contributed by atoms with Crippen molar-refractivity contribution in [2.45, 2.75) is 32.8 Å². The molecule has 0 unspecified atom stereocenters. The van der Waals surface area contributed by atoms with Crippen molar-refractivity contribution in [1.82, 2.24) is 0 Å². The molecule has 0 saturated heterocycles. The summed E-state index contributed by atoms with van der Waals surface area (Å²) in [7, 11) is 0. The van der Waals surface area contributed by atoms with Crippen LogP contribution in [0.4, 0.5) is 0 Å². The SMILES string of the molecule is C/C(O)=C\C=C(/C)c1cccc(COc2ccc3c(c2)OC[C@H]3CC(=O)O)c1. The molecule has 3 rings (SSSR count). The third-order valence-corrected chi connectivity index (χ3v) is 4.65. The standard InChI is InChI=1S/C23H24O5/c1-15(6-7-16(2)24)18-5-3-4-17(10-18)13-27-20-8-9-21-19(11-23(25)26)14-28-22(21)12-20/h3-10,12,19,24H,11,13-14H2,1-2H3,(H,25,26)/b15-6+,16-7+/t19-/m1/s1. The number of fused-ring (bicyclic) bond motifs is 1. The number of ether oxygens (including phenoxy) is 2. The molecule has 2 aromatic carbocycles. The molecule has 0 aliphatic carbocycles. The van der Waals surface area contributed by atoms with Crippen LogP contribution in [0.3, 0.4) is 0 Å². The Bertz CT molecular complexity index is 922. The number of rotatable bonds is 7. The van der Waals surface area contributed by atoms with Crippen LogP contribution in [0.25, 0.3) is 5.57 Å². The Morgan fingerprint density at radius 1 is 1.18 bits per heavy atom. The first-order valence-electron chi connectivity index (χ1n) is 9.17. The van der Waals surface area contributed by atoms with Gasteiger partial charge in [-0.2, -0.15) is 0 Å². The summed E-state index contributed by atoms with van der Waals surface area (Å²) in [4.78, 5) is 10.9. The van der Waals surface area contributed by atoms with Gasteiger partial charge in [0.1, 0.15) is 18.1 Å². The Hall–Kier alpha value is -3.21. The maximum Gasteiger partial charge on any atom is 0.304 e. The minimum Gasteiger partial charge on any atom is -0.513 e. The molecule has 1 aliphatic heterocycles. The van der Waals surface area contributed by atoms with Gasteiger partial charge in [0.15, 0.2) is 0 Å². The predicted octanol–water partition coefficient (Wildman–Crippen LogP) is 5.08. The van der Waals surface area contributed by atoms with Gasteiger partial charge in [-0.25, -0.2) is 0 Å². The molecule has 1 heterocycles. The summed E-state index contributed by atoms with van der Waals surface area (Å²) >= 11 is 0. The van der Waals surface area contributed by atoms with Crippen molar-refractivity contribution < 1.29 is 24.5 Å². The Kier molecular flexibility index (Phi) is 6.04. The van der Waals surface area contributed by atoms with E-state index in [-0.39, 0.29) is 18.1 Å². The van der Waals surface area contributed by atoms with E-state index < -0.39 is 5.97 Å². The van der Waals surface area contributed by atoms with Gasteiger partial charge < -0.3 is 19.7 Å². The Morgan fingerprint density at radius 3 is 2.75 bits per heavy atom. The van der Waals surface area contributed by atoms with Gasteiger partial charge in [0, 0.05) is 17.5 Å². The first-order valence-corrected chi connectivity index (χ1v) is 9.17. The van der Waals surface area contributed by atoms with Crippen molar-refractivity contribution in [2.24, 2.45) is 0 Å². The Morgan fingerprint density at radius 2 is 2.00 bits per heavy atom. The molecule has 0 amide bonds. The van der Waals surface area contributed by atoms with Crippen molar-refractivity contribution in [3.05, 3.63) is 77.1 Å². The average Bonchev–Trinajstić information content (AvgIpc) is 3.06. The number of aliphatic hydroxyl groups excluding tert-OH is 1. The molecular formula is C23H24O5. The Labute approximate surface area is 164 Å². The predicted molar refractivity (Wildman–Crippen MR) is 108 cm³/mol. The number of aliphatic hydroxyl groups is 1. The van der Waals surface area contributed by atoms with Crippen molar-refractivity contribution >= 4 is 11.5 Å². The summed E-state index contributed by atoms with van der Waals surface area (Å²) in [5.41, 5.74) is 4.06. The van der Waals surface area contributed by atoms with Gasteiger partial charge in [-0.05, 0) is 48.8 Å². The van der Waals surface area contributed by atoms with E-state index in [0.29, 0.717) is 24.7 Å². The van der Waals surface area contributed by atoms with Crippen LogP contribution in [0.2, 0.25) is 0 Å². The van der Waals surface area contributed by atoms with E-state index in [0.717, 1.165) is 22.3 Å². The number of hydrogen-bond acceptors (Lipinski definition) is 4. The molecule has 1 atom stereocenters. The number of allylic oxidation sites excluding steroid dienone is 4. The largest absolute Gasteiger partial charge is 0.513 e. The molecule has 5 heteroatoms. The topological polar surface area (TPSA) is 76.0 Å². The van der Waals surface area contributed by atoms with Gasteiger partial charge >= 0.3 is 5.97 Å². The highest BCUT2D eigenvalue weighted by Crippen LogP contribution is 2.38. The normalized spacial score (nSPS) is 16.4. The van der Waals surface area contributed by atoms with E-state index in [1.807, 2.05) is 49.4 Å². The summed E-state index contributed by atoms with van der Waals surface area (Å²) < 4.78 is 11.5. The second-order valence-electron chi connectivity index (χ2n) is 6.95. The number of carboxylic acids is 1. The van der Waals surface area contributed by atoms with Crippen LogP contribution in [0.15, 0.2) is 60.4 Å². The molecule has 0 bridgehead atoms. The molecule has 146 valence electrons. The van der Waals surface area contributed by atoms with E-state index in [4.69, 9.17) is 14.6 Å². The zero-order valence-corrected chi connectivity index (χ0v) is 16.0. The maximum absolute atomic E-state index is 10.9. The summed E-state index contributed by atoms with van der Waals surface area (Å²) in [6.07, 6.45) is 3.61. The Balaban J connectivity index is 1.67. The van der Waals surface area contributed by atoms with E-state index in [1.165, 1.54) is 0 Å². The molecule has 0 spiro atoms. The van der Waals surface area contributed by atoms with Crippen molar-refractivity contribution in [1.29, 1.82) is 0 Å². The zero-order chi connectivity index (χ0) is 20.1. The zero-order valence-electron chi connectivity index (χ0n) is 16.0. The van der Waals surface area contributed by atoms with Crippen LogP contribution >= 0.6 is 0 Å². The maximum atomic E-state index is 10.9. The summed E-state index contributed by atoms with van der Waals surface area (Å²) in [5, 5.41) is 18.3. The summed E-state index contributed by atoms with van der Waals surface area (Å²) in [6, 6.07) is 13.6. The number of benzene rings is 2. The van der Waals surface area contributed by atoms with Crippen LogP contribution in [-0.4, -0.2) is 22.8 Å². The lowest BCUT2D eigenvalue weighted by Crippen LogP contribution is -2.07. The van der Waals surface area contributed by atoms with E-state index in [2.05, 4.69) is 6.07 Å². The molecule has 0 fully saturated rings. The fourth-order valence-electron chi connectivity index (χ4n) is 3.14. The number of carbonyl (C=O) groups is 1. The second kappa shape index (κ2) is 8.65. The van der Waals surface area contributed by atoms with Gasteiger partial charge in [-0.15, -0.1) is 0 Å². The summed E-state index contributed by atoms with van der Waals surface area (Å²) in [5.74, 6) is 0.720. The molecule has 1 aliphatic rings. The minimum atomic E-state index is -0.823. The quantitative estimate of drug-likeness (QED) is 0.517. The van der Waals surface area contributed by atoms with Crippen LogP contribution in [0.1, 0.15) is 42.9 Å². The molecular weight excluding hydrogens is 356 g/mol. The molecule has 0 saturated carbocycles. The highest BCUT2D eigenvalue weighted by Gasteiger charge is 2.26. The number of carboxylic acid groups (broad SMARTS) is 1. The van der Waals surface area contributed by atoms with Gasteiger partial charge in [0.05, 0.1) is 18.8 Å². The van der Waals surface area contributed by atoms with Crippen LogP contribution in [0.5, 0.6) is 11.5 Å². The van der Waals surface area contributed by atoms with Gasteiger partial charge in [0.2, 0.25) is 0 Å². The highest BCUT2D eigenvalue weighted by atomic mass is 16.5. The fraction of sp³-hybridized carbons (Fsp3) is 0.261. The molecule has 0 radical (unpaired) electrons. The number of aliphatic carboxylic acids is 1. The summed E-state index contributed by atoms with van der Waals surface area (Å²) in [6.45, 7) is 4.43. The van der Waals surface area contributed by atoms with E-state index in [1.54, 1.807) is 13.0 Å². The minimum absolute atomic E-state index is 0.0673. The third kappa shape index (κ3) is 4.94. The van der Waals surface area contributed by atoms with Crippen molar-refractivity contribution in [3.63, 3.8) is 0 Å². The fourth-order valence-corrected chi connectivity index (χ4v) is 3.14. The molecule has 2 N–H and O–H groups in total. The lowest BCUT2D eigenvalue weighted by atomic mass is 9.98. The number of hydrogen-bond donors (Lipinski definition) is 2. The lowest BCUT2D eigenvalue weighted by molar-refractivity contribution is -0.137. The van der Waals surface area contributed by atoms with Crippen molar-refractivity contribution in [3.8, 4) is 11.5 Å². The van der Waals surface area contributed by atoms with Gasteiger partial charge in [0.25, 0.3) is 0 Å². The molecule has 0 aromatic heterocycles. The highest BCUT2D eigenvalue weighted by molar-refractivity contribution is 5.69. The monoisotopic (exact) mass is 380 g/mol. The first-order chi connectivity index (χ1) is 13.4. The van der Waals surface area contributed by atoms with E-state index in [9.17, 15) is 9.90 Å². The first kappa shape index (κ1) is 19.5. The molecule has 5 nitrogen and oxygen atoms in total.